The molecule has 284 valence electrons. The highest BCUT2D eigenvalue weighted by atomic mass is 35.5. The second-order valence-corrected chi connectivity index (χ2v) is 19.8. The normalized spacial score (nSPS) is 36.9. The van der Waals surface area contributed by atoms with Crippen molar-refractivity contribution < 1.29 is 29.0 Å². The van der Waals surface area contributed by atoms with Crippen LogP contribution in [0.3, 0.4) is 0 Å². The Labute approximate surface area is 315 Å². The minimum Gasteiger partial charge on any atom is -0.481 e. The lowest BCUT2D eigenvalue weighted by Crippen LogP contribution is -2.65. The molecule has 5 aliphatic carbocycles. The van der Waals surface area contributed by atoms with E-state index < -0.39 is 22.8 Å². The second-order valence-electron chi connectivity index (χ2n) is 19.4. The monoisotopic (exact) mass is 733 g/mol. The molecule has 8 atom stereocenters. The van der Waals surface area contributed by atoms with E-state index >= 15 is 0 Å². The number of allylic oxidation sites excluding steroid dienone is 3. The number of amides is 1. The average molecular weight is 734 g/mol. The van der Waals surface area contributed by atoms with Crippen molar-refractivity contribution in [3.63, 3.8) is 0 Å². The summed E-state index contributed by atoms with van der Waals surface area (Å²) in [5.41, 5.74) is 1.22. The topological polar surface area (TPSA) is 110 Å². The Hall–Kier alpha value is -2.93. The first-order valence-electron chi connectivity index (χ1n) is 19.6. The van der Waals surface area contributed by atoms with E-state index in [1.165, 1.54) is 5.57 Å². The summed E-state index contributed by atoms with van der Waals surface area (Å²) < 4.78 is 6.15. The van der Waals surface area contributed by atoms with Crippen LogP contribution >= 0.6 is 11.6 Å². The zero-order valence-corrected chi connectivity index (χ0v) is 33.5. The summed E-state index contributed by atoms with van der Waals surface area (Å²) in [6, 6.07) is 7.09. The molecule has 0 heterocycles. The summed E-state index contributed by atoms with van der Waals surface area (Å²) in [7, 11) is 0. The highest BCUT2D eigenvalue weighted by Gasteiger charge is 2.70. The summed E-state index contributed by atoms with van der Waals surface area (Å²) in [6.07, 6.45) is 11.6. The molecule has 7 nitrogen and oxygen atoms in total. The van der Waals surface area contributed by atoms with Crippen LogP contribution in [0, 0.1) is 56.2 Å². The quantitative estimate of drug-likeness (QED) is 0.203. The minimum atomic E-state index is -1.17. The number of aliphatic carboxylic acids is 1. The molecule has 0 aliphatic heterocycles. The van der Waals surface area contributed by atoms with Gasteiger partial charge in [0, 0.05) is 34.0 Å². The number of ketones is 1. The maximum absolute atomic E-state index is 14.0. The van der Waals surface area contributed by atoms with Crippen LogP contribution < -0.4 is 5.32 Å². The summed E-state index contributed by atoms with van der Waals surface area (Å²) in [6.45, 7) is 19.5. The molecule has 2 N–H and O–H groups in total. The Morgan fingerprint density at radius 3 is 2.25 bits per heavy atom. The summed E-state index contributed by atoms with van der Waals surface area (Å²) >= 11 is 6.05. The van der Waals surface area contributed by atoms with Gasteiger partial charge in [0.15, 0.2) is 5.78 Å². The molecule has 6 rings (SSSR count). The number of benzene rings is 1. The third-order valence-corrected chi connectivity index (χ3v) is 15.8. The number of carboxylic acids is 1. The van der Waals surface area contributed by atoms with Gasteiger partial charge in [-0.3, -0.25) is 19.2 Å². The first-order valence-corrected chi connectivity index (χ1v) is 20.0. The van der Waals surface area contributed by atoms with Gasteiger partial charge in [0.05, 0.1) is 11.8 Å². The molecular formula is C44H60ClNO6. The van der Waals surface area contributed by atoms with Crippen molar-refractivity contribution in [1.29, 1.82) is 0 Å². The lowest BCUT2D eigenvalue weighted by atomic mass is 9.33. The van der Waals surface area contributed by atoms with Gasteiger partial charge in [0.2, 0.25) is 5.91 Å². The molecule has 8 unspecified atom stereocenters. The van der Waals surface area contributed by atoms with Crippen molar-refractivity contribution in [2.45, 2.75) is 133 Å². The van der Waals surface area contributed by atoms with E-state index in [0.717, 1.165) is 56.9 Å². The molecule has 8 heteroatoms. The van der Waals surface area contributed by atoms with Gasteiger partial charge < -0.3 is 15.2 Å². The number of anilines is 1. The van der Waals surface area contributed by atoms with E-state index in [1.54, 1.807) is 44.2 Å². The molecule has 52 heavy (non-hydrogen) atoms. The predicted octanol–water partition coefficient (Wildman–Crippen LogP) is 10.2. The molecule has 4 fully saturated rings. The average Bonchev–Trinajstić information content (AvgIpc) is 3.35. The molecule has 5 aliphatic rings. The standard InChI is InChI=1S/C44H60ClNO6/c1-26(2)36-30(47)24-44(21-18-34(48)46-28-12-10-27(45)11-13-28)23-22-42(8)29(37(36)44)14-15-32-41(7)19-17-33(52-35(49)25-39(3,4)38(50)51)40(5,6)31(41)16-20-43(32,42)9/h10-13,18,21,26,29,31-33H,14-17,19-20,22-25H2,1-9H3,(H,46,48)(H,50,51). The van der Waals surface area contributed by atoms with Gasteiger partial charge in [-0.05, 0) is 141 Å². The summed E-state index contributed by atoms with van der Waals surface area (Å²) in [5, 5.41) is 13.2. The summed E-state index contributed by atoms with van der Waals surface area (Å²) in [5.74, 6) is -0.168. The smallest absolute Gasteiger partial charge is 0.309 e. The van der Waals surface area contributed by atoms with Crippen LogP contribution in [0.2, 0.25) is 5.02 Å². The van der Waals surface area contributed by atoms with E-state index in [9.17, 15) is 24.3 Å². The van der Waals surface area contributed by atoms with Crippen LogP contribution in [-0.2, 0) is 23.9 Å². The predicted molar refractivity (Wildman–Crippen MR) is 205 cm³/mol. The number of hydrogen-bond donors (Lipinski definition) is 2. The zero-order valence-electron chi connectivity index (χ0n) is 32.8. The molecule has 0 aromatic heterocycles. The lowest BCUT2D eigenvalue weighted by molar-refractivity contribution is -0.232. The van der Waals surface area contributed by atoms with Crippen LogP contribution in [0.4, 0.5) is 5.69 Å². The molecule has 0 saturated heterocycles. The third kappa shape index (κ3) is 6.09. The number of Topliss-reactive ketones (excluding diaryl/α,β-unsaturated/α-hetero) is 1. The number of halogens is 1. The van der Waals surface area contributed by atoms with Gasteiger partial charge in [0.1, 0.15) is 6.10 Å². The number of hydrogen-bond acceptors (Lipinski definition) is 5. The van der Waals surface area contributed by atoms with Gasteiger partial charge in [0.25, 0.3) is 0 Å². The van der Waals surface area contributed by atoms with Crippen molar-refractivity contribution in [2.75, 3.05) is 5.32 Å². The maximum Gasteiger partial charge on any atom is 0.309 e. The number of ether oxygens (including phenoxy) is 1. The van der Waals surface area contributed by atoms with E-state index in [1.807, 2.05) is 0 Å². The maximum atomic E-state index is 14.0. The minimum absolute atomic E-state index is 0.0111. The Morgan fingerprint density at radius 2 is 1.62 bits per heavy atom. The van der Waals surface area contributed by atoms with Gasteiger partial charge in [-0.1, -0.05) is 66.1 Å². The van der Waals surface area contributed by atoms with Gasteiger partial charge in [-0.2, -0.15) is 0 Å². The Morgan fingerprint density at radius 1 is 0.942 bits per heavy atom. The van der Waals surface area contributed by atoms with Crippen LogP contribution in [-0.4, -0.2) is 34.8 Å². The first-order chi connectivity index (χ1) is 24.1. The number of nitrogens with one attached hydrogen (secondary N) is 1. The number of rotatable bonds is 8. The van der Waals surface area contributed by atoms with Gasteiger partial charge in [-0.25, -0.2) is 0 Å². The van der Waals surface area contributed by atoms with Crippen LogP contribution in [0.1, 0.15) is 127 Å². The number of carboxylic acid groups (broad SMARTS) is 1. The highest BCUT2D eigenvalue weighted by molar-refractivity contribution is 6.30. The van der Waals surface area contributed by atoms with Crippen molar-refractivity contribution in [3.8, 4) is 0 Å². The van der Waals surface area contributed by atoms with Gasteiger partial charge >= 0.3 is 11.9 Å². The summed E-state index contributed by atoms with van der Waals surface area (Å²) in [4.78, 5) is 52.0. The van der Waals surface area contributed by atoms with E-state index in [-0.39, 0.29) is 57.7 Å². The molecule has 1 aromatic carbocycles. The molecule has 1 amide bonds. The van der Waals surface area contributed by atoms with E-state index in [2.05, 4.69) is 59.9 Å². The molecule has 0 radical (unpaired) electrons. The third-order valence-electron chi connectivity index (χ3n) is 15.5. The Bertz CT molecular complexity index is 1710. The molecular weight excluding hydrogens is 674 g/mol. The Kier molecular flexibility index (Phi) is 9.79. The zero-order chi connectivity index (χ0) is 38.2. The van der Waals surface area contributed by atoms with Crippen molar-refractivity contribution in [3.05, 3.63) is 52.6 Å². The van der Waals surface area contributed by atoms with Crippen LogP contribution in [0.25, 0.3) is 0 Å². The fourth-order valence-electron chi connectivity index (χ4n) is 12.6. The van der Waals surface area contributed by atoms with E-state index in [4.69, 9.17) is 16.3 Å². The SMILES string of the molecule is CC(C)C1=C2C3CCC4C5(C)CCC(OC(=O)CC(C)(C)C(=O)O)C(C)(C)C5CCC4(C)C3(C)CCC2(C=CC(=O)Nc2ccc(Cl)cc2)CC1=O. The van der Waals surface area contributed by atoms with Crippen molar-refractivity contribution >= 4 is 40.9 Å². The van der Waals surface area contributed by atoms with E-state index in [0.29, 0.717) is 29.0 Å². The molecule has 0 bridgehead atoms. The molecule has 1 aromatic rings. The number of esters is 1. The first kappa shape index (κ1) is 38.8. The fraction of sp³-hybridized carbons (Fsp3) is 0.682. The van der Waals surface area contributed by atoms with Gasteiger partial charge in [-0.15, -0.1) is 0 Å². The number of carbonyl (C=O) groups is 4. The molecule has 4 saturated carbocycles. The number of fused-ring (bicyclic) bond motifs is 7. The fourth-order valence-corrected chi connectivity index (χ4v) is 12.8. The largest absolute Gasteiger partial charge is 0.481 e. The number of carbonyl (C=O) groups excluding carboxylic acids is 3. The highest BCUT2D eigenvalue weighted by Crippen LogP contribution is 2.77. The molecule has 0 spiro atoms. The van der Waals surface area contributed by atoms with Crippen LogP contribution in [0.15, 0.2) is 47.6 Å². The van der Waals surface area contributed by atoms with Crippen molar-refractivity contribution in [2.24, 2.45) is 56.2 Å². The Balaban J connectivity index is 1.28. The van der Waals surface area contributed by atoms with Crippen molar-refractivity contribution in [1.82, 2.24) is 0 Å². The second kappa shape index (κ2) is 13.1. The lowest BCUT2D eigenvalue weighted by Gasteiger charge is -2.72. The van der Waals surface area contributed by atoms with Crippen LogP contribution in [0.5, 0.6) is 0 Å².